The second-order valence-electron chi connectivity index (χ2n) is 13.2. The molecule has 0 N–H and O–H groups in total. The Morgan fingerprint density at radius 1 is 0.413 bits per heavy atom. The zero-order chi connectivity index (χ0) is 31.2. The van der Waals surface area contributed by atoms with Crippen molar-refractivity contribution in [1.29, 1.82) is 0 Å². The van der Waals surface area contributed by atoms with E-state index in [4.69, 9.17) is 0 Å². The van der Waals surface area contributed by atoms with Gasteiger partial charge in [0.05, 0.1) is 0 Å². The first kappa shape index (κ1) is 29.3. The van der Waals surface area contributed by atoms with E-state index in [-0.39, 0.29) is 7.25 Å². The van der Waals surface area contributed by atoms with Gasteiger partial charge in [-0.3, -0.25) is 0 Å². The molecule has 6 aromatic carbocycles. The van der Waals surface area contributed by atoms with Crippen LogP contribution < -0.4 is 16.9 Å². The van der Waals surface area contributed by atoms with Crippen molar-refractivity contribution in [2.75, 3.05) is 0 Å². The van der Waals surface area contributed by atoms with Crippen LogP contribution in [-0.2, 0) is 17.4 Å². The monoisotopic (exact) mass is 684 g/mol. The SMILES string of the molecule is Cc1cc[c]([Zr]([c]2ccc(C)cc2)([CH]2C=Cc3ccccc32)([CH]2C=Cc3ccccc32)=[Si](c2ccccc2)c2ccccc2)cc1. The molecule has 2 atom stereocenters. The topological polar surface area (TPSA) is 0 Å². The van der Waals surface area contributed by atoms with Crippen LogP contribution >= 0.6 is 0 Å². The molecule has 0 saturated heterocycles. The number of benzene rings is 6. The second kappa shape index (κ2) is 11.6. The van der Waals surface area contributed by atoms with Crippen molar-refractivity contribution in [3.8, 4) is 0 Å². The van der Waals surface area contributed by atoms with Crippen LogP contribution in [0.2, 0.25) is 0 Å². The van der Waals surface area contributed by atoms with Gasteiger partial charge in [0.15, 0.2) is 0 Å². The van der Waals surface area contributed by atoms with Crippen LogP contribution in [0.3, 0.4) is 0 Å². The average Bonchev–Trinajstić information content (AvgIpc) is 3.75. The van der Waals surface area contributed by atoms with Gasteiger partial charge in [-0.2, -0.15) is 0 Å². The molecule has 0 amide bonds. The molecule has 2 unspecified atom stereocenters. The maximum absolute atomic E-state index is 5.05. The molecular weight excluding hydrogens is 648 g/mol. The first-order chi connectivity index (χ1) is 22.6. The normalized spacial score (nSPS) is 16.7. The van der Waals surface area contributed by atoms with Crippen molar-refractivity contribution in [1.82, 2.24) is 0 Å². The Hall–Kier alpha value is -4.10. The Balaban J connectivity index is 1.77. The fraction of sp³-hybridized carbons (Fsp3) is 0.0909. The van der Waals surface area contributed by atoms with Gasteiger partial charge in [-0.15, -0.1) is 0 Å². The van der Waals surface area contributed by atoms with Gasteiger partial charge in [0.25, 0.3) is 0 Å². The van der Waals surface area contributed by atoms with Gasteiger partial charge < -0.3 is 0 Å². The molecule has 6 aromatic rings. The van der Waals surface area contributed by atoms with Gasteiger partial charge in [0, 0.05) is 0 Å². The summed E-state index contributed by atoms with van der Waals surface area (Å²) in [5, 5.41) is 3.00. The summed E-state index contributed by atoms with van der Waals surface area (Å²) in [5.74, 6) is 0. The maximum atomic E-state index is 2.64. The van der Waals surface area contributed by atoms with E-state index in [0.29, 0.717) is 0 Å². The minimum absolute atomic E-state index is 0.262. The van der Waals surface area contributed by atoms with Gasteiger partial charge in [-0.05, 0) is 0 Å². The molecule has 222 valence electrons. The van der Waals surface area contributed by atoms with E-state index in [1.54, 1.807) is 6.54 Å². The fourth-order valence-corrected chi connectivity index (χ4v) is 54.9. The van der Waals surface area contributed by atoms with E-state index in [1.165, 1.54) is 43.8 Å². The standard InChI is InChI=1S/C12H10Si.2C9H7.2C7H7.Zr/c1-3-7-11(8-4-1)13-12-9-5-2-6-10-12;2*1-2-5-9-7-3-6-8(9)4-1;2*1-7-5-3-2-4-6-7;/h1-10H;2*1-7H;2*3-6H,1H3;. The summed E-state index contributed by atoms with van der Waals surface area (Å²) in [6.07, 6.45) is 10.2. The number of fused-ring (bicyclic) bond motifs is 2. The van der Waals surface area contributed by atoms with Crippen molar-refractivity contribution in [2.24, 2.45) is 0 Å². The first-order valence-electron chi connectivity index (χ1n) is 16.4. The first-order valence-corrected chi connectivity index (χ1v) is 26.9. The molecule has 46 heavy (non-hydrogen) atoms. The minimum atomic E-state index is -5.05. The van der Waals surface area contributed by atoms with Crippen molar-refractivity contribution >= 4 is 34.5 Å². The van der Waals surface area contributed by atoms with Crippen LogP contribution in [0.1, 0.15) is 40.6 Å². The van der Waals surface area contributed by atoms with E-state index in [9.17, 15) is 0 Å². The summed E-state index contributed by atoms with van der Waals surface area (Å²) in [4.78, 5) is 0. The third kappa shape index (κ3) is 4.20. The van der Waals surface area contributed by atoms with Crippen LogP contribution in [0.5, 0.6) is 0 Å². The van der Waals surface area contributed by atoms with Gasteiger partial charge in [0.1, 0.15) is 0 Å². The van der Waals surface area contributed by atoms with Crippen LogP contribution in [-0.4, -0.2) is 5.43 Å². The fourth-order valence-electron chi connectivity index (χ4n) is 9.05. The Bertz CT molecular complexity index is 2030. The molecule has 0 radical (unpaired) electrons. The van der Waals surface area contributed by atoms with E-state index in [0.717, 1.165) is 0 Å². The molecular formula is C44H38SiZr. The van der Waals surface area contributed by atoms with E-state index in [1.807, 2.05) is 0 Å². The van der Waals surface area contributed by atoms with Crippen LogP contribution in [0.15, 0.2) is 170 Å². The molecule has 2 aliphatic carbocycles. The average molecular weight is 686 g/mol. The Morgan fingerprint density at radius 2 is 0.783 bits per heavy atom. The molecule has 2 aliphatic rings. The van der Waals surface area contributed by atoms with Crippen molar-refractivity contribution < 1.29 is 17.4 Å². The van der Waals surface area contributed by atoms with Crippen molar-refractivity contribution in [3.63, 3.8) is 0 Å². The number of rotatable bonds is 6. The summed E-state index contributed by atoms with van der Waals surface area (Å²) in [6.45, 7) is 4.46. The quantitative estimate of drug-likeness (QED) is 0.155. The Labute approximate surface area is 274 Å². The summed E-state index contributed by atoms with van der Waals surface area (Å²) in [5.41, 5.74) is 6.79. The summed E-state index contributed by atoms with van der Waals surface area (Å²) >= 11 is -5.05. The van der Waals surface area contributed by atoms with Crippen LogP contribution in [0, 0.1) is 13.8 Å². The Kier molecular flexibility index (Phi) is 7.40. The number of hydrogen-bond acceptors (Lipinski definition) is 0. The van der Waals surface area contributed by atoms with Crippen LogP contribution in [0.25, 0.3) is 12.2 Å². The molecule has 0 saturated carbocycles. The molecule has 8 rings (SSSR count). The predicted molar refractivity (Wildman–Crippen MR) is 196 cm³/mol. The number of allylic oxidation sites excluding steroid dienone is 2. The molecule has 0 aliphatic heterocycles. The number of aryl methyl sites for hydroxylation is 2. The van der Waals surface area contributed by atoms with Crippen LogP contribution in [0.4, 0.5) is 0 Å². The summed E-state index contributed by atoms with van der Waals surface area (Å²) in [7, 11) is 0. The number of hydrogen-bond donors (Lipinski definition) is 0. The third-order valence-corrected chi connectivity index (χ3v) is 49.7. The van der Waals surface area contributed by atoms with Gasteiger partial charge in [0.2, 0.25) is 0 Å². The molecule has 2 heteroatoms. The van der Waals surface area contributed by atoms with Gasteiger partial charge in [-0.25, -0.2) is 0 Å². The molecule has 0 heterocycles. The predicted octanol–water partition coefficient (Wildman–Crippen LogP) is 8.29. The van der Waals surface area contributed by atoms with E-state index < -0.39 is 22.8 Å². The summed E-state index contributed by atoms with van der Waals surface area (Å²) in [6, 6.07) is 61.5. The third-order valence-electron chi connectivity index (χ3n) is 10.9. The molecule has 0 nitrogen and oxygen atoms in total. The van der Waals surface area contributed by atoms with Gasteiger partial charge in [-0.1, -0.05) is 0 Å². The zero-order valence-electron chi connectivity index (χ0n) is 26.5. The van der Waals surface area contributed by atoms with E-state index >= 15 is 0 Å². The molecule has 0 bridgehead atoms. The van der Waals surface area contributed by atoms with Crippen molar-refractivity contribution in [2.45, 2.75) is 21.1 Å². The molecule has 0 spiro atoms. The molecule has 0 aromatic heterocycles. The molecule has 0 fully saturated rings. The van der Waals surface area contributed by atoms with Gasteiger partial charge >= 0.3 is 276 Å². The zero-order valence-corrected chi connectivity index (χ0v) is 29.9. The summed E-state index contributed by atoms with van der Waals surface area (Å²) < 4.78 is 3.68. The van der Waals surface area contributed by atoms with Crippen molar-refractivity contribution in [3.05, 3.63) is 203 Å². The second-order valence-corrected chi connectivity index (χ2v) is 38.0. The van der Waals surface area contributed by atoms with E-state index in [2.05, 4.69) is 196 Å². The Morgan fingerprint density at radius 3 is 1.20 bits per heavy atom.